The van der Waals surface area contributed by atoms with Crippen molar-refractivity contribution in [3.8, 4) is 11.5 Å². The van der Waals surface area contributed by atoms with Crippen LogP contribution < -0.4 is 20.1 Å². The zero-order valence-corrected chi connectivity index (χ0v) is 14.3. The number of hydrogen-bond donors (Lipinski definition) is 2. The SMILES string of the molecule is CCOC(=O)C1=C(COC(=O)c2ccc3c(c2)OCO3)NC(=O)NC1C. The molecule has 2 heterocycles. The van der Waals surface area contributed by atoms with Crippen molar-refractivity contribution in [2.75, 3.05) is 20.0 Å². The molecule has 3 rings (SSSR count). The second-order valence-corrected chi connectivity index (χ2v) is 5.58. The van der Waals surface area contributed by atoms with E-state index in [-0.39, 0.29) is 36.8 Å². The molecule has 2 amide bonds. The van der Waals surface area contributed by atoms with Crippen molar-refractivity contribution >= 4 is 18.0 Å². The van der Waals surface area contributed by atoms with Gasteiger partial charge in [-0.15, -0.1) is 0 Å². The number of carbonyl (C=O) groups excluding carboxylic acids is 3. The highest BCUT2D eigenvalue weighted by atomic mass is 16.7. The van der Waals surface area contributed by atoms with Crippen molar-refractivity contribution in [2.24, 2.45) is 0 Å². The highest BCUT2D eigenvalue weighted by molar-refractivity contribution is 5.95. The predicted molar refractivity (Wildman–Crippen MR) is 87.6 cm³/mol. The number of benzene rings is 1. The molecule has 9 nitrogen and oxygen atoms in total. The van der Waals surface area contributed by atoms with Gasteiger partial charge < -0.3 is 29.6 Å². The summed E-state index contributed by atoms with van der Waals surface area (Å²) in [7, 11) is 0. The summed E-state index contributed by atoms with van der Waals surface area (Å²) in [6.07, 6.45) is 0. The van der Waals surface area contributed by atoms with Gasteiger partial charge in [0.15, 0.2) is 11.5 Å². The molecule has 2 aliphatic rings. The minimum Gasteiger partial charge on any atom is -0.463 e. The Kier molecular flexibility index (Phi) is 4.97. The molecule has 9 heteroatoms. The third-order valence-corrected chi connectivity index (χ3v) is 3.82. The van der Waals surface area contributed by atoms with Gasteiger partial charge in [-0.1, -0.05) is 0 Å². The minimum absolute atomic E-state index is 0.0978. The van der Waals surface area contributed by atoms with E-state index in [1.54, 1.807) is 26.0 Å². The molecule has 0 aliphatic carbocycles. The first kappa shape index (κ1) is 17.6. The number of carbonyl (C=O) groups is 3. The molecule has 1 aromatic rings. The van der Waals surface area contributed by atoms with Crippen molar-refractivity contribution < 1.29 is 33.3 Å². The van der Waals surface area contributed by atoms with E-state index in [2.05, 4.69) is 10.6 Å². The van der Waals surface area contributed by atoms with E-state index < -0.39 is 24.0 Å². The van der Waals surface area contributed by atoms with E-state index >= 15 is 0 Å². The summed E-state index contributed by atoms with van der Waals surface area (Å²) in [4.78, 5) is 36.1. The first-order valence-electron chi connectivity index (χ1n) is 8.04. The quantitative estimate of drug-likeness (QED) is 0.754. The van der Waals surface area contributed by atoms with Gasteiger partial charge in [-0.05, 0) is 32.0 Å². The second-order valence-electron chi connectivity index (χ2n) is 5.58. The fourth-order valence-electron chi connectivity index (χ4n) is 2.64. The Labute approximate surface area is 149 Å². The third-order valence-electron chi connectivity index (χ3n) is 3.82. The van der Waals surface area contributed by atoms with Gasteiger partial charge in [-0.3, -0.25) is 0 Å². The molecule has 0 aromatic heterocycles. The van der Waals surface area contributed by atoms with Crippen molar-refractivity contribution in [2.45, 2.75) is 19.9 Å². The largest absolute Gasteiger partial charge is 0.463 e. The molecule has 0 radical (unpaired) electrons. The smallest absolute Gasteiger partial charge is 0.338 e. The van der Waals surface area contributed by atoms with E-state index in [9.17, 15) is 14.4 Å². The lowest BCUT2D eigenvalue weighted by molar-refractivity contribution is -0.139. The van der Waals surface area contributed by atoms with Crippen LogP contribution in [0.25, 0.3) is 0 Å². The molecule has 0 saturated heterocycles. The second kappa shape index (κ2) is 7.34. The lowest BCUT2D eigenvalue weighted by atomic mass is 10.0. The van der Waals surface area contributed by atoms with Crippen LogP contribution in [0.15, 0.2) is 29.5 Å². The van der Waals surface area contributed by atoms with Gasteiger partial charge in [0.05, 0.1) is 29.5 Å². The Morgan fingerprint density at radius 3 is 2.73 bits per heavy atom. The van der Waals surface area contributed by atoms with Crippen LogP contribution in [0.2, 0.25) is 0 Å². The number of nitrogens with one attached hydrogen (secondary N) is 2. The van der Waals surface area contributed by atoms with Gasteiger partial charge in [-0.2, -0.15) is 0 Å². The van der Waals surface area contributed by atoms with Crippen LogP contribution in [-0.2, 0) is 14.3 Å². The van der Waals surface area contributed by atoms with Gasteiger partial charge in [0.25, 0.3) is 0 Å². The maximum absolute atomic E-state index is 12.3. The van der Waals surface area contributed by atoms with Crippen LogP contribution in [0.3, 0.4) is 0 Å². The maximum Gasteiger partial charge on any atom is 0.338 e. The fourth-order valence-corrected chi connectivity index (χ4v) is 2.64. The van der Waals surface area contributed by atoms with E-state index in [0.29, 0.717) is 11.5 Å². The molecule has 2 N–H and O–H groups in total. The molecule has 1 atom stereocenters. The summed E-state index contributed by atoms with van der Waals surface area (Å²) in [5, 5.41) is 5.06. The first-order chi connectivity index (χ1) is 12.5. The summed E-state index contributed by atoms with van der Waals surface area (Å²) < 4.78 is 20.6. The van der Waals surface area contributed by atoms with Crippen LogP contribution in [0.5, 0.6) is 11.5 Å². The minimum atomic E-state index is -0.626. The zero-order chi connectivity index (χ0) is 18.7. The summed E-state index contributed by atoms with van der Waals surface area (Å²) in [5.41, 5.74) is 0.666. The van der Waals surface area contributed by atoms with Gasteiger partial charge in [0.1, 0.15) is 6.61 Å². The summed E-state index contributed by atoms with van der Waals surface area (Å²) >= 11 is 0. The van der Waals surface area contributed by atoms with Crippen molar-refractivity contribution in [3.05, 3.63) is 35.0 Å². The highest BCUT2D eigenvalue weighted by Crippen LogP contribution is 2.32. The normalized spacial score (nSPS) is 18.1. The molecular weight excluding hydrogens is 344 g/mol. The predicted octanol–water partition coefficient (Wildman–Crippen LogP) is 1.09. The fraction of sp³-hybridized carbons (Fsp3) is 0.353. The molecule has 2 aliphatic heterocycles. The first-order valence-corrected chi connectivity index (χ1v) is 8.04. The topological polar surface area (TPSA) is 112 Å². The molecule has 0 spiro atoms. The maximum atomic E-state index is 12.3. The summed E-state index contributed by atoms with van der Waals surface area (Å²) in [6.45, 7) is 3.33. The van der Waals surface area contributed by atoms with Gasteiger partial charge in [0, 0.05) is 0 Å². The standard InChI is InChI=1S/C17H18N2O7/c1-3-23-16(21)14-9(2)18-17(22)19-11(14)7-24-15(20)10-4-5-12-13(6-10)26-8-25-12/h4-6,9H,3,7-8H2,1-2H3,(H2,18,19,22). The number of amides is 2. The summed E-state index contributed by atoms with van der Waals surface area (Å²) in [6, 6.07) is 3.60. The summed E-state index contributed by atoms with van der Waals surface area (Å²) in [5.74, 6) is -0.205. The molecule has 0 bridgehead atoms. The molecule has 0 fully saturated rings. The molecule has 138 valence electrons. The van der Waals surface area contributed by atoms with Gasteiger partial charge >= 0.3 is 18.0 Å². The Bertz CT molecular complexity index is 787. The van der Waals surface area contributed by atoms with Crippen molar-refractivity contribution in [1.82, 2.24) is 10.6 Å². The van der Waals surface area contributed by atoms with Crippen LogP contribution in [-0.4, -0.2) is 44.0 Å². The van der Waals surface area contributed by atoms with Crippen LogP contribution in [0, 0.1) is 0 Å². The third kappa shape index (κ3) is 3.56. The Morgan fingerprint density at radius 2 is 1.96 bits per heavy atom. The average Bonchev–Trinajstić information content (AvgIpc) is 3.06. The van der Waals surface area contributed by atoms with Crippen LogP contribution >= 0.6 is 0 Å². The lowest BCUT2D eigenvalue weighted by Gasteiger charge is -2.26. The number of hydrogen-bond acceptors (Lipinski definition) is 7. The molecular formula is C17H18N2O7. The number of fused-ring (bicyclic) bond motifs is 1. The van der Waals surface area contributed by atoms with E-state index in [1.165, 1.54) is 6.07 Å². The lowest BCUT2D eigenvalue weighted by Crippen LogP contribution is -2.50. The Hall–Kier alpha value is -3.23. The number of urea groups is 1. The molecule has 26 heavy (non-hydrogen) atoms. The van der Waals surface area contributed by atoms with Gasteiger partial charge in [0.2, 0.25) is 6.79 Å². The molecule has 1 unspecified atom stereocenters. The zero-order valence-electron chi connectivity index (χ0n) is 14.3. The molecule has 1 aromatic carbocycles. The highest BCUT2D eigenvalue weighted by Gasteiger charge is 2.30. The Morgan fingerprint density at radius 1 is 1.19 bits per heavy atom. The number of ether oxygens (including phenoxy) is 4. The Balaban J connectivity index is 1.74. The van der Waals surface area contributed by atoms with E-state index in [4.69, 9.17) is 18.9 Å². The number of rotatable bonds is 5. The van der Waals surface area contributed by atoms with E-state index in [1.807, 2.05) is 0 Å². The average molecular weight is 362 g/mol. The monoisotopic (exact) mass is 362 g/mol. The van der Waals surface area contributed by atoms with Gasteiger partial charge in [-0.25, -0.2) is 14.4 Å². The van der Waals surface area contributed by atoms with Crippen molar-refractivity contribution in [1.29, 1.82) is 0 Å². The number of esters is 2. The van der Waals surface area contributed by atoms with E-state index in [0.717, 1.165) is 0 Å². The van der Waals surface area contributed by atoms with Crippen LogP contribution in [0.4, 0.5) is 4.79 Å². The molecule has 0 saturated carbocycles. The van der Waals surface area contributed by atoms with Crippen molar-refractivity contribution in [3.63, 3.8) is 0 Å². The van der Waals surface area contributed by atoms with Crippen LogP contribution in [0.1, 0.15) is 24.2 Å².